The fourth-order valence-electron chi connectivity index (χ4n) is 0.733. The first-order valence-electron chi connectivity index (χ1n) is 5.19. The van der Waals surface area contributed by atoms with Crippen molar-refractivity contribution < 1.29 is 44.0 Å². The number of carbonyl (C=O) groups is 4. The topological polar surface area (TPSA) is 147 Å². The number of hydrogen-bond donors (Lipinski definition) is 3. The van der Waals surface area contributed by atoms with E-state index in [1.165, 1.54) is 0 Å². The van der Waals surface area contributed by atoms with Crippen LogP contribution in [0.3, 0.4) is 0 Å². The van der Waals surface area contributed by atoms with Crippen LogP contribution in [0.4, 0.5) is 0 Å². The average Bonchev–Trinajstić information content (AvgIpc) is 2.27. The Morgan fingerprint density at radius 2 is 1.09 bits per heavy atom. The number of esters is 4. The molecule has 0 bridgehead atoms. The van der Waals surface area contributed by atoms with Crippen molar-refractivity contribution in [2.75, 3.05) is 0 Å². The molecule has 13 heteroatoms. The molecule has 0 saturated heterocycles. The molecule has 0 aliphatic heterocycles. The zero-order chi connectivity index (χ0) is 15.2. The van der Waals surface area contributed by atoms with Gasteiger partial charge in [-0.2, -0.15) is 0 Å². The Hall–Kier alpha value is 4.71. The third kappa shape index (κ3) is 19.8. The molecular weight excluding hydrogens is 420 g/mol. The zero-order valence-electron chi connectivity index (χ0n) is 10.2. The van der Waals surface area contributed by atoms with Crippen LogP contribution >= 0.6 is 0 Å². The predicted molar refractivity (Wildman–Crippen MR) is 84.8 cm³/mol. The first-order valence-corrected chi connectivity index (χ1v) is 5.19. The van der Waals surface area contributed by atoms with Crippen molar-refractivity contribution in [1.82, 2.24) is 0 Å². The minimum absolute atomic E-state index is 0. The van der Waals surface area contributed by atoms with Gasteiger partial charge >= 0.3 is 229 Å². The standard InChI is InChI=1S/C10H14O9.4K.4H/c1-4(11)8(15)18-7(14)3-6(13)10(17)19-9(16)5(2)12;;;;;;;;/h4-6,11-13H,3H2,1-2H3;;;;;;;;. The second kappa shape index (κ2) is 21.4. The van der Waals surface area contributed by atoms with Crippen LogP contribution in [0.2, 0.25) is 0 Å². The zero-order valence-corrected chi connectivity index (χ0v) is 10.2. The van der Waals surface area contributed by atoms with Crippen molar-refractivity contribution in [2.45, 2.75) is 38.6 Å². The third-order valence-electron chi connectivity index (χ3n) is 1.73. The molecule has 3 atom stereocenters. The monoisotopic (exact) mass is 438 g/mol. The van der Waals surface area contributed by atoms with Gasteiger partial charge < -0.3 is 24.8 Å². The summed E-state index contributed by atoms with van der Waals surface area (Å²) < 4.78 is 8.06. The van der Waals surface area contributed by atoms with E-state index in [0.717, 1.165) is 13.8 Å². The van der Waals surface area contributed by atoms with Crippen LogP contribution < -0.4 is 0 Å². The molecule has 0 radical (unpaired) electrons. The number of carbonyl (C=O) groups excluding carboxylic acids is 4. The van der Waals surface area contributed by atoms with Crippen LogP contribution in [0, 0.1) is 0 Å². The van der Waals surface area contributed by atoms with Gasteiger partial charge in [-0.25, -0.2) is 14.4 Å². The molecule has 3 N–H and O–H groups in total. The van der Waals surface area contributed by atoms with Crippen LogP contribution in [-0.2, 0) is 28.7 Å². The normalized spacial score (nSPS) is 12.4. The summed E-state index contributed by atoms with van der Waals surface area (Å²) in [7, 11) is 0. The van der Waals surface area contributed by atoms with Crippen LogP contribution in [0.15, 0.2) is 0 Å². The van der Waals surface area contributed by atoms with E-state index in [9.17, 15) is 24.3 Å². The summed E-state index contributed by atoms with van der Waals surface area (Å²) in [5, 5.41) is 26.7. The van der Waals surface area contributed by atoms with E-state index in [1.807, 2.05) is 0 Å². The van der Waals surface area contributed by atoms with Crippen molar-refractivity contribution in [1.29, 1.82) is 0 Å². The molecule has 9 nitrogen and oxygen atoms in total. The molecule has 0 fully saturated rings. The number of ether oxygens (including phenoxy) is 2. The van der Waals surface area contributed by atoms with Gasteiger partial charge in [0.2, 0.25) is 0 Å². The Morgan fingerprint density at radius 3 is 1.43 bits per heavy atom. The van der Waals surface area contributed by atoms with E-state index < -0.39 is 48.6 Å². The van der Waals surface area contributed by atoms with E-state index in [2.05, 4.69) is 9.47 Å². The fourth-order valence-corrected chi connectivity index (χ4v) is 0.733. The van der Waals surface area contributed by atoms with Gasteiger partial charge in [-0.1, -0.05) is 0 Å². The molecule has 0 aliphatic carbocycles. The van der Waals surface area contributed by atoms with Crippen LogP contribution in [-0.4, -0.2) is 263 Å². The molecule has 0 rings (SSSR count). The molecule has 0 aromatic carbocycles. The number of aliphatic hydroxyl groups excluding tert-OH is 3. The average molecular weight is 439 g/mol. The van der Waals surface area contributed by atoms with Gasteiger partial charge in [0.15, 0.2) is 6.10 Å². The molecule has 23 heavy (non-hydrogen) atoms. The number of rotatable bonds is 5. The van der Waals surface area contributed by atoms with Crippen molar-refractivity contribution in [3.8, 4) is 0 Å². The Morgan fingerprint density at radius 1 is 0.739 bits per heavy atom. The van der Waals surface area contributed by atoms with Crippen molar-refractivity contribution in [3.05, 3.63) is 0 Å². The van der Waals surface area contributed by atoms with Gasteiger partial charge in [-0.05, 0) is 13.8 Å². The quantitative estimate of drug-likeness (QED) is 0.218. The van der Waals surface area contributed by atoms with Crippen LogP contribution in [0.5, 0.6) is 0 Å². The first-order chi connectivity index (χ1) is 8.65. The van der Waals surface area contributed by atoms with Crippen molar-refractivity contribution >= 4 is 229 Å². The predicted octanol–water partition coefficient (Wildman–Crippen LogP) is -4.96. The molecule has 0 spiro atoms. The molecule has 0 heterocycles. The number of aliphatic hydroxyl groups is 3. The van der Waals surface area contributed by atoms with Gasteiger partial charge in [0, 0.05) is 0 Å². The maximum absolute atomic E-state index is 11.1. The van der Waals surface area contributed by atoms with Gasteiger partial charge in [-0.3, -0.25) is 4.79 Å². The van der Waals surface area contributed by atoms with E-state index in [4.69, 9.17) is 10.2 Å². The summed E-state index contributed by atoms with van der Waals surface area (Å²) in [6.45, 7) is 2.10. The number of hydrogen-bond acceptors (Lipinski definition) is 9. The Bertz CT molecular complexity index is 387. The maximum atomic E-state index is 11.1. The van der Waals surface area contributed by atoms with Gasteiger partial charge in [0.25, 0.3) is 0 Å². The molecule has 0 aliphatic rings. The summed E-state index contributed by atoms with van der Waals surface area (Å²) in [6.07, 6.45) is -6.08. The summed E-state index contributed by atoms with van der Waals surface area (Å²) in [4.78, 5) is 43.7. The van der Waals surface area contributed by atoms with E-state index in [0.29, 0.717) is 0 Å². The molecule has 0 aromatic heterocycles. The molecular formula is C10H18K4O9. The van der Waals surface area contributed by atoms with Crippen LogP contribution in [0.25, 0.3) is 0 Å². The van der Waals surface area contributed by atoms with E-state index in [1.54, 1.807) is 0 Å². The van der Waals surface area contributed by atoms with E-state index >= 15 is 0 Å². The summed E-state index contributed by atoms with van der Waals surface area (Å²) in [6, 6.07) is 0. The van der Waals surface area contributed by atoms with Crippen molar-refractivity contribution in [2.24, 2.45) is 0 Å². The van der Waals surface area contributed by atoms with Gasteiger partial charge in [-0.15, -0.1) is 0 Å². The second-order valence-electron chi connectivity index (χ2n) is 3.61. The molecule has 0 saturated carbocycles. The molecule has 3 unspecified atom stereocenters. The van der Waals surface area contributed by atoms with E-state index in [-0.39, 0.29) is 206 Å². The van der Waals surface area contributed by atoms with Crippen LogP contribution in [0.1, 0.15) is 20.3 Å². The Labute approximate surface area is 303 Å². The summed E-state index contributed by atoms with van der Waals surface area (Å²) in [5.74, 6) is -5.28. The second-order valence-corrected chi connectivity index (χ2v) is 3.61. The molecule has 0 aromatic rings. The van der Waals surface area contributed by atoms with Gasteiger partial charge in [0.1, 0.15) is 12.2 Å². The Kier molecular flexibility index (Phi) is 35.7. The fraction of sp³-hybridized carbons (Fsp3) is 0.600. The Balaban J connectivity index is -0.000000270. The SMILES string of the molecule is CC(O)C(=O)OC(=O)CC(O)C(=O)OC(=O)C(C)O.[KH].[KH].[KH].[KH]. The molecule has 0 amide bonds. The summed E-state index contributed by atoms with van der Waals surface area (Å²) >= 11 is 0. The third-order valence-corrected chi connectivity index (χ3v) is 1.73. The first kappa shape index (κ1) is 38.3. The van der Waals surface area contributed by atoms with Crippen molar-refractivity contribution in [3.63, 3.8) is 0 Å². The van der Waals surface area contributed by atoms with Gasteiger partial charge in [0.05, 0.1) is 6.42 Å². The molecule has 116 valence electrons. The summed E-state index contributed by atoms with van der Waals surface area (Å²) in [5.41, 5.74) is 0. The minimum atomic E-state index is -2.03.